The van der Waals surface area contributed by atoms with Crippen LogP contribution < -0.4 is 0 Å². The van der Waals surface area contributed by atoms with Crippen LogP contribution in [0.5, 0.6) is 0 Å². The van der Waals surface area contributed by atoms with Crippen molar-refractivity contribution in [1.29, 1.82) is 0 Å². The molecule has 1 unspecified atom stereocenters. The van der Waals surface area contributed by atoms with Gasteiger partial charge in [0, 0.05) is 10.9 Å². The molecule has 1 heterocycles. The molecule has 0 fully saturated rings. The monoisotopic (exact) mass is 230 g/mol. The van der Waals surface area contributed by atoms with Crippen LogP contribution in [0.3, 0.4) is 0 Å². The van der Waals surface area contributed by atoms with Crippen LogP contribution in [0.4, 0.5) is 13.2 Å². The third kappa shape index (κ3) is 1.67. The number of alkyl halides is 3. The minimum absolute atomic E-state index is 0.0648. The summed E-state index contributed by atoms with van der Waals surface area (Å²) in [4.78, 5) is 0. The van der Waals surface area contributed by atoms with Gasteiger partial charge < -0.3 is 9.52 Å². The minimum Gasteiger partial charge on any atom is -0.464 e. The van der Waals surface area contributed by atoms with Crippen LogP contribution in [0.1, 0.15) is 24.2 Å². The van der Waals surface area contributed by atoms with Crippen molar-refractivity contribution in [3.63, 3.8) is 0 Å². The Kier molecular flexibility index (Phi) is 2.42. The van der Waals surface area contributed by atoms with Gasteiger partial charge in [-0.05, 0) is 19.1 Å². The van der Waals surface area contributed by atoms with Gasteiger partial charge >= 0.3 is 6.18 Å². The summed E-state index contributed by atoms with van der Waals surface area (Å²) < 4.78 is 43.1. The molecule has 0 saturated heterocycles. The van der Waals surface area contributed by atoms with Crippen molar-refractivity contribution < 1.29 is 22.7 Å². The van der Waals surface area contributed by atoms with E-state index >= 15 is 0 Å². The molecule has 2 aromatic rings. The number of aliphatic hydroxyl groups is 1. The van der Waals surface area contributed by atoms with Gasteiger partial charge in [-0.2, -0.15) is 13.2 Å². The average Bonchev–Trinajstić information content (AvgIpc) is 2.58. The molecular weight excluding hydrogens is 221 g/mol. The second-order valence-corrected chi connectivity index (χ2v) is 3.54. The van der Waals surface area contributed by atoms with Crippen LogP contribution >= 0.6 is 0 Å². The first-order chi connectivity index (χ1) is 7.41. The van der Waals surface area contributed by atoms with E-state index in [9.17, 15) is 18.3 Å². The molecule has 1 aromatic carbocycles. The quantitative estimate of drug-likeness (QED) is 0.813. The van der Waals surface area contributed by atoms with E-state index in [4.69, 9.17) is 4.42 Å². The molecule has 5 heteroatoms. The molecule has 1 N–H and O–H groups in total. The highest BCUT2D eigenvalue weighted by Gasteiger charge is 2.34. The topological polar surface area (TPSA) is 33.4 Å². The fourth-order valence-electron chi connectivity index (χ4n) is 1.66. The lowest BCUT2D eigenvalue weighted by molar-refractivity contribution is -0.136. The van der Waals surface area contributed by atoms with Gasteiger partial charge in [0.15, 0.2) is 0 Å². The Balaban J connectivity index is 2.79. The maximum Gasteiger partial charge on any atom is 0.417 e. The SMILES string of the molecule is CC(O)c1coc2cccc(C(F)(F)F)c12. The first-order valence-corrected chi connectivity index (χ1v) is 4.66. The van der Waals surface area contributed by atoms with Crippen molar-refractivity contribution >= 4 is 11.0 Å². The highest BCUT2D eigenvalue weighted by atomic mass is 19.4. The van der Waals surface area contributed by atoms with Crippen LogP contribution in [0.15, 0.2) is 28.9 Å². The van der Waals surface area contributed by atoms with E-state index in [1.54, 1.807) is 0 Å². The van der Waals surface area contributed by atoms with Crippen molar-refractivity contribution in [1.82, 2.24) is 0 Å². The van der Waals surface area contributed by atoms with Crippen LogP contribution in [-0.2, 0) is 6.18 Å². The predicted molar refractivity (Wildman–Crippen MR) is 51.8 cm³/mol. The molecule has 0 saturated carbocycles. The van der Waals surface area contributed by atoms with E-state index < -0.39 is 17.8 Å². The van der Waals surface area contributed by atoms with Gasteiger partial charge in [0.1, 0.15) is 5.58 Å². The summed E-state index contributed by atoms with van der Waals surface area (Å²) in [6.45, 7) is 1.40. The molecule has 16 heavy (non-hydrogen) atoms. The van der Waals surface area contributed by atoms with E-state index in [0.29, 0.717) is 0 Å². The van der Waals surface area contributed by atoms with Crippen LogP contribution in [0, 0.1) is 0 Å². The van der Waals surface area contributed by atoms with Crippen LogP contribution in [0.2, 0.25) is 0 Å². The Morgan fingerprint density at radius 2 is 2.00 bits per heavy atom. The maximum absolute atomic E-state index is 12.7. The van der Waals surface area contributed by atoms with E-state index in [0.717, 1.165) is 12.3 Å². The normalized spacial score (nSPS) is 14.3. The van der Waals surface area contributed by atoms with Crippen molar-refractivity contribution in [3.05, 3.63) is 35.6 Å². The molecule has 0 amide bonds. The molecular formula is C11H9F3O2. The zero-order chi connectivity index (χ0) is 11.9. The number of fused-ring (bicyclic) bond motifs is 1. The lowest BCUT2D eigenvalue weighted by Crippen LogP contribution is -2.06. The molecule has 0 radical (unpaired) electrons. The molecule has 0 spiro atoms. The number of furan rings is 1. The number of halogens is 3. The predicted octanol–water partition coefficient (Wildman–Crippen LogP) is 3.50. The lowest BCUT2D eigenvalue weighted by atomic mass is 10.0. The highest BCUT2D eigenvalue weighted by Crippen LogP contribution is 2.38. The summed E-state index contributed by atoms with van der Waals surface area (Å²) in [5.74, 6) is 0. The Hall–Kier alpha value is -1.49. The number of rotatable bonds is 1. The highest BCUT2D eigenvalue weighted by molar-refractivity contribution is 5.85. The van der Waals surface area contributed by atoms with Gasteiger partial charge in [-0.1, -0.05) is 6.07 Å². The molecule has 2 rings (SSSR count). The average molecular weight is 230 g/mol. The fraction of sp³-hybridized carbons (Fsp3) is 0.273. The summed E-state index contributed by atoms with van der Waals surface area (Å²) in [6, 6.07) is 3.70. The zero-order valence-corrected chi connectivity index (χ0v) is 8.38. The number of benzene rings is 1. The van der Waals surface area contributed by atoms with Gasteiger partial charge in [-0.25, -0.2) is 0 Å². The maximum atomic E-state index is 12.7. The first-order valence-electron chi connectivity index (χ1n) is 4.66. The fourth-order valence-corrected chi connectivity index (χ4v) is 1.66. The second kappa shape index (κ2) is 3.52. The standard InChI is InChI=1S/C11H9F3O2/c1-6(15)7-5-16-9-4-2-3-8(10(7)9)11(12,13)14/h2-6,15H,1H3. The van der Waals surface area contributed by atoms with E-state index in [2.05, 4.69) is 0 Å². The number of aliphatic hydroxyl groups excluding tert-OH is 1. The third-order valence-corrected chi connectivity index (χ3v) is 2.38. The number of hydrogen-bond acceptors (Lipinski definition) is 2. The van der Waals surface area contributed by atoms with Gasteiger partial charge in [0.05, 0.1) is 17.9 Å². The molecule has 86 valence electrons. The molecule has 0 aliphatic carbocycles. The van der Waals surface area contributed by atoms with Gasteiger partial charge in [-0.3, -0.25) is 0 Å². The van der Waals surface area contributed by atoms with Crippen molar-refractivity contribution in [2.24, 2.45) is 0 Å². The van der Waals surface area contributed by atoms with Gasteiger partial charge in [0.25, 0.3) is 0 Å². The van der Waals surface area contributed by atoms with Crippen molar-refractivity contribution in [2.45, 2.75) is 19.2 Å². The van der Waals surface area contributed by atoms with Gasteiger partial charge in [0.2, 0.25) is 0 Å². The number of hydrogen-bond donors (Lipinski definition) is 1. The molecule has 0 aliphatic heterocycles. The molecule has 1 aromatic heterocycles. The summed E-state index contributed by atoms with van der Waals surface area (Å²) in [5, 5.41) is 9.31. The minimum atomic E-state index is -4.45. The Morgan fingerprint density at radius 3 is 2.56 bits per heavy atom. The summed E-state index contributed by atoms with van der Waals surface area (Å²) in [7, 11) is 0. The van der Waals surface area contributed by atoms with E-state index in [1.807, 2.05) is 0 Å². The van der Waals surface area contributed by atoms with E-state index in [-0.39, 0.29) is 16.5 Å². The zero-order valence-electron chi connectivity index (χ0n) is 8.38. The Labute approximate surface area is 89.3 Å². The summed E-state index contributed by atoms with van der Waals surface area (Å²) >= 11 is 0. The van der Waals surface area contributed by atoms with Crippen LogP contribution in [-0.4, -0.2) is 5.11 Å². The molecule has 0 bridgehead atoms. The van der Waals surface area contributed by atoms with Crippen molar-refractivity contribution in [3.8, 4) is 0 Å². The smallest absolute Gasteiger partial charge is 0.417 e. The Morgan fingerprint density at radius 1 is 1.31 bits per heavy atom. The lowest BCUT2D eigenvalue weighted by Gasteiger charge is -2.09. The molecule has 2 nitrogen and oxygen atoms in total. The summed E-state index contributed by atoms with van der Waals surface area (Å²) in [5.41, 5.74) is -0.497. The Bertz CT molecular complexity index is 511. The molecule has 1 atom stereocenters. The molecule has 0 aliphatic rings. The second-order valence-electron chi connectivity index (χ2n) is 3.54. The van der Waals surface area contributed by atoms with Crippen molar-refractivity contribution in [2.75, 3.05) is 0 Å². The summed E-state index contributed by atoms with van der Waals surface area (Å²) in [6.07, 6.45) is -4.29. The largest absolute Gasteiger partial charge is 0.464 e. The van der Waals surface area contributed by atoms with Crippen LogP contribution in [0.25, 0.3) is 11.0 Å². The first kappa shape index (κ1) is 11.0. The van der Waals surface area contributed by atoms with Gasteiger partial charge in [-0.15, -0.1) is 0 Å². The third-order valence-electron chi connectivity index (χ3n) is 2.38. The van der Waals surface area contributed by atoms with E-state index in [1.165, 1.54) is 19.1 Å².